The van der Waals surface area contributed by atoms with Crippen molar-refractivity contribution < 1.29 is 14.2 Å². The van der Waals surface area contributed by atoms with Crippen LogP contribution in [-0.2, 0) is 10.3 Å². The van der Waals surface area contributed by atoms with E-state index in [1.54, 1.807) is 12.1 Å². The van der Waals surface area contributed by atoms with Gasteiger partial charge in [-0.25, -0.2) is 4.39 Å². The van der Waals surface area contributed by atoms with Crippen LogP contribution in [0.3, 0.4) is 0 Å². The fourth-order valence-corrected chi connectivity index (χ4v) is 3.64. The van der Waals surface area contributed by atoms with E-state index >= 15 is 0 Å². The number of nitriles is 1. The molecule has 2 aromatic carbocycles. The molecule has 0 bridgehead atoms. The fraction of sp³-hybridized carbons (Fsp3) is 0.316. The summed E-state index contributed by atoms with van der Waals surface area (Å²) in [7, 11) is 0. The Balaban J connectivity index is 1.89. The molecule has 0 aromatic heterocycles. The van der Waals surface area contributed by atoms with E-state index in [0.717, 1.165) is 22.9 Å². The number of thiocyanates is 1. The van der Waals surface area contributed by atoms with E-state index in [-0.39, 0.29) is 18.0 Å². The van der Waals surface area contributed by atoms with Crippen LogP contribution in [-0.4, -0.2) is 17.0 Å². The summed E-state index contributed by atoms with van der Waals surface area (Å²) in [5, 5.41) is 22.1. The van der Waals surface area contributed by atoms with Crippen LogP contribution in [0.5, 0.6) is 0 Å². The van der Waals surface area contributed by atoms with Gasteiger partial charge in [0.1, 0.15) is 11.2 Å². The number of aliphatic hydroxyl groups is 1. The van der Waals surface area contributed by atoms with E-state index in [4.69, 9.17) is 10.00 Å². The standard InChI is InChI=1S/C19H18FNO2S/c20-16-8-6-14(7-9-16)18-11-19(22,15-4-2-1-3-5-15)10-17(23-18)12-24-13-21/h1-9,17-18,22H,10-12H2/t17-,18+,19-/m0/s1. The quantitative estimate of drug-likeness (QED) is 0.848. The number of halogens is 1. The van der Waals surface area contributed by atoms with Crippen LogP contribution in [0.1, 0.15) is 30.1 Å². The molecule has 1 heterocycles. The van der Waals surface area contributed by atoms with Crippen LogP contribution in [0.4, 0.5) is 4.39 Å². The molecule has 0 saturated carbocycles. The minimum atomic E-state index is -1.03. The van der Waals surface area contributed by atoms with Gasteiger partial charge in [0.2, 0.25) is 0 Å². The molecule has 1 aliphatic heterocycles. The van der Waals surface area contributed by atoms with Crippen molar-refractivity contribution in [1.82, 2.24) is 0 Å². The first kappa shape index (κ1) is 17.0. The average molecular weight is 343 g/mol. The molecule has 124 valence electrons. The molecule has 0 radical (unpaired) electrons. The summed E-state index contributed by atoms with van der Waals surface area (Å²) in [4.78, 5) is 0. The maximum absolute atomic E-state index is 13.2. The van der Waals surface area contributed by atoms with Crippen molar-refractivity contribution in [3.8, 4) is 5.40 Å². The minimum absolute atomic E-state index is 0.247. The van der Waals surface area contributed by atoms with Crippen molar-refractivity contribution in [2.45, 2.75) is 30.7 Å². The van der Waals surface area contributed by atoms with E-state index in [0.29, 0.717) is 18.6 Å². The number of thioether (sulfide) groups is 1. The topological polar surface area (TPSA) is 53.2 Å². The van der Waals surface area contributed by atoms with Crippen molar-refractivity contribution in [2.24, 2.45) is 0 Å². The Hall–Kier alpha value is -1.87. The SMILES string of the molecule is N#CSC[C@@H]1C[C@@](O)(c2ccccc2)C[C@H](c2ccc(F)cc2)O1. The Bertz CT molecular complexity index is 716. The highest BCUT2D eigenvalue weighted by molar-refractivity contribution is 8.03. The molecule has 3 nitrogen and oxygen atoms in total. The predicted octanol–water partition coefficient (Wildman–Crippen LogP) is 4.15. The van der Waals surface area contributed by atoms with Gasteiger partial charge in [-0.05, 0) is 35.0 Å². The average Bonchev–Trinajstić information content (AvgIpc) is 2.61. The van der Waals surface area contributed by atoms with Gasteiger partial charge >= 0.3 is 0 Å². The van der Waals surface area contributed by atoms with Crippen molar-refractivity contribution >= 4 is 11.8 Å². The third-order valence-electron chi connectivity index (χ3n) is 4.33. The smallest absolute Gasteiger partial charge is 0.133 e. The van der Waals surface area contributed by atoms with Crippen molar-refractivity contribution in [1.29, 1.82) is 5.26 Å². The van der Waals surface area contributed by atoms with Crippen molar-refractivity contribution in [3.63, 3.8) is 0 Å². The number of hydrogen-bond donors (Lipinski definition) is 1. The molecular weight excluding hydrogens is 325 g/mol. The van der Waals surface area contributed by atoms with Gasteiger partial charge in [-0.2, -0.15) is 5.26 Å². The molecule has 24 heavy (non-hydrogen) atoms. The predicted molar refractivity (Wildman–Crippen MR) is 91.7 cm³/mol. The second-order valence-electron chi connectivity index (χ2n) is 6.01. The fourth-order valence-electron chi connectivity index (χ4n) is 3.18. The number of hydrogen-bond acceptors (Lipinski definition) is 4. The lowest BCUT2D eigenvalue weighted by Crippen LogP contribution is -2.41. The number of nitrogens with zero attached hydrogens (tertiary/aromatic N) is 1. The summed E-state index contributed by atoms with van der Waals surface area (Å²) < 4.78 is 19.3. The van der Waals surface area contributed by atoms with Gasteiger partial charge in [-0.3, -0.25) is 0 Å². The zero-order valence-corrected chi connectivity index (χ0v) is 13.9. The lowest BCUT2D eigenvalue weighted by atomic mass is 9.80. The lowest BCUT2D eigenvalue weighted by Gasteiger charge is -2.41. The minimum Gasteiger partial charge on any atom is -0.385 e. The molecule has 3 rings (SSSR count). The molecule has 1 N–H and O–H groups in total. The van der Waals surface area contributed by atoms with Gasteiger partial charge in [0.05, 0.1) is 17.8 Å². The maximum Gasteiger partial charge on any atom is 0.133 e. The zero-order chi connectivity index (χ0) is 17.0. The second kappa shape index (κ2) is 7.35. The van der Waals surface area contributed by atoms with Gasteiger partial charge in [0.25, 0.3) is 0 Å². The third kappa shape index (κ3) is 3.78. The summed E-state index contributed by atoms with van der Waals surface area (Å²) in [5.74, 6) is 0.188. The molecular formula is C19H18FNO2S. The molecule has 1 saturated heterocycles. The van der Waals surface area contributed by atoms with Gasteiger partial charge in [0.15, 0.2) is 0 Å². The Labute approximate surface area is 145 Å². The largest absolute Gasteiger partial charge is 0.385 e. The van der Waals surface area contributed by atoms with Crippen molar-refractivity contribution in [2.75, 3.05) is 5.75 Å². The van der Waals surface area contributed by atoms with Crippen LogP contribution in [0, 0.1) is 16.5 Å². The summed E-state index contributed by atoms with van der Waals surface area (Å²) >= 11 is 1.12. The number of ether oxygens (including phenoxy) is 1. The monoisotopic (exact) mass is 343 g/mol. The molecule has 1 fully saturated rings. The molecule has 2 aromatic rings. The normalized spacial score (nSPS) is 26.7. The lowest BCUT2D eigenvalue weighted by molar-refractivity contribution is -0.142. The first-order valence-corrected chi connectivity index (χ1v) is 8.79. The molecule has 0 unspecified atom stereocenters. The number of benzene rings is 2. The van der Waals surface area contributed by atoms with Crippen LogP contribution < -0.4 is 0 Å². The molecule has 0 amide bonds. The molecule has 0 aliphatic carbocycles. The Morgan fingerprint density at radius 2 is 1.88 bits per heavy atom. The number of rotatable bonds is 4. The molecule has 3 atom stereocenters. The van der Waals surface area contributed by atoms with Crippen LogP contribution in [0.15, 0.2) is 54.6 Å². The summed E-state index contributed by atoms with van der Waals surface area (Å²) in [6, 6.07) is 15.7. The summed E-state index contributed by atoms with van der Waals surface area (Å²) in [6.07, 6.45) is 0.247. The second-order valence-corrected chi connectivity index (χ2v) is 6.81. The molecule has 0 spiro atoms. The first-order chi connectivity index (χ1) is 11.6. The van der Waals surface area contributed by atoms with E-state index in [1.165, 1.54) is 12.1 Å². The van der Waals surface area contributed by atoms with E-state index in [2.05, 4.69) is 0 Å². The molecule has 1 aliphatic rings. The highest BCUT2D eigenvalue weighted by Gasteiger charge is 2.41. The Kier molecular flexibility index (Phi) is 5.20. The van der Waals surface area contributed by atoms with E-state index in [1.807, 2.05) is 35.7 Å². The van der Waals surface area contributed by atoms with E-state index < -0.39 is 5.60 Å². The highest BCUT2D eigenvalue weighted by Crippen LogP contribution is 2.43. The summed E-state index contributed by atoms with van der Waals surface area (Å²) in [6.45, 7) is 0. The van der Waals surface area contributed by atoms with Crippen LogP contribution >= 0.6 is 11.8 Å². The zero-order valence-electron chi connectivity index (χ0n) is 13.1. The van der Waals surface area contributed by atoms with Gasteiger partial charge in [-0.1, -0.05) is 42.5 Å². The summed E-state index contributed by atoms with van der Waals surface area (Å²) in [5.41, 5.74) is 0.643. The van der Waals surface area contributed by atoms with Crippen LogP contribution in [0.25, 0.3) is 0 Å². The van der Waals surface area contributed by atoms with Crippen molar-refractivity contribution in [3.05, 3.63) is 71.5 Å². The Morgan fingerprint density at radius 1 is 1.17 bits per heavy atom. The highest BCUT2D eigenvalue weighted by atomic mass is 32.2. The maximum atomic E-state index is 13.2. The van der Waals surface area contributed by atoms with E-state index in [9.17, 15) is 9.50 Å². The molecule has 5 heteroatoms. The van der Waals surface area contributed by atoms with Crippen LogP contribution in [0.2, 0.25) is 0 Å². The van der Waals surface area contributed by atoms with Gasteiger partial charge < -0.3 is 9.84 Å². The first-order valence-electron chi connectivity index (χ1n) is 7.80. The Morgan fingerprint density at radius 3 is 2.54 bits per heavy atom. The third-order valence-corrected chi connectivity index (χ3v) is 5.00. The van der Waals surface area contributed by atoms with Gasteiger partial charge in [0, 0.05) is 18.6 Å². The van der Waals surface area contributed by atoms with Gasteiger partial charge in [-0.15, -0.1) is 0 Å².